The molecule has 0 spiro atoms. The van der Waals surface area contributed by atoms with Crippen LogP contribution in [-0.4, -0.2) is 26.5 Å². The summed E-state index contributed by atoms with van der Waals surface area (Å²) in [6.45, 7) is 5.09. The van der Waals surface area contributed by atoms with Gasteiger partial charge in [-0.1, -0.05) is 32.0 Å². The van der Waals surface area contributed by atoms with E-state index in [9.17, 15) is 5.11 Å². The first-order valence-electron chi connectivity index (χ1n) is 7.49. The monoisotopic (exact) mass is 304 g/mol. The average molecular weight is 304 g/mol. The van der Waals surface area contributed by atoms with Crippen molar-refractivity contribution in [3.05, 3.63) is 48.5 Å². The molecule has 1 atom stereocenters. The highest BCUT2D eigenvalue weighted by atomic mass is 32.2. The summed E-state index contributed by atoms with van der Waals surface area (Å²) in [5.74, 6) is 1.86. The van der Waals surface area contributed by atoms with Gasteiger partial charge >= 0.3 is 0 Å². The second-order valence-corrected chi connectivity index (χ2v) is 6.89. The van der Waals surface area contributed by atoms with E-state index in [2.05, 4.69) is 37.0 Å². The molecule has 1 aromatic heterocycles. The van der Waals surface area contributed by atoms with Gasteiger partial charge < -0.3 is 9.67 Å². The number of hydrogen-bond acceptors (Lipinski definition) is 3. The van der Waals surface area contributed by atoms with Crippen LogP contribution in [0, 0.1) is 5.92 Å². The van der Waals surface area contributed by atoms with E-state index in [0.29, 0.717) is 13.0 Å². The van der Waals surface area contributed by atoms with Crippen LogP contribution >= 0.6 is 11.8 Å². The maximum Gasteiger partial charge on any atom is 0.0946 e. The van der Waals surface area contributed by atoms with Gasteiger partial charge in [0.05, 0.1) is 12.4 Å². The van der Waals surface area contributed by atoms with Crippen LogP contribution < -0.4 is 0 Å². The highest BCUT2D eigenvalue weighted by Gasteiger charge is 2.10. The summed E-state index contributed by atoms with van der Waals surface area (Å²) in [6, 6.07) is 8.40. The average Bonchev–Trinajstić information content (AvgIpc) is 2.93. The van der Waals surface area contributed by atoms with Gasteiger partial charge in [-0.25, -0.2) is 4.98 Å². The predicted molar refractivity (Wildman–Crippen MR) is 88.6 cm³/mol. The molecule has 0 aliphatic heterocycles. The summed E-state index contributed by atoms with van der Waals surface area (Å²) >= 11 is 1.90. The van der Waals surface area contributed by atoms with E-state index in [-0.39, 0.29) is 6.10 Å². The molecule has 1 heterocycles. The molecule has 0 saturated carbocycles. The number of thioether (sulfide) groups is 1. The molecular weight excluding hydrogens is 280 g/mol. The lowest BCUT2D eigenvalue weighted by molar-refractivity contribution is 0.153. The number of aliphatic hydroxyl groups excluding tert-OH is 1. The molecule has 3 nitrogen and oxygen atoms in total. The highest BCUT2D eigenvalue weighted by Crippen LogP contribution is 2.25. The molecule has 1 N–H and O–H groups in total. The van der Waals surface area contributed by atoms with Crippen LogP contribution in [0.4, 0.5) is 0 Å². The van der Waals surface area contributed by atoms with Crippen molar-refractivity contribution in [1.82, 2.24) is 9.55 Å². The Kier molecular flexibility index (Phi) is 6.33. The molecule has 0 bridgehead atoms. The number of aromatic nitrogens is 2. The molecular formula is C17H24N2OS. The Hall–Kier alpha value is -1.26. The number of nitrogens with zero attached hydrogens (tertiary/aromatic N) is 2. The number of hydrogen-bond donors (Lipinski definition) is 1. The molecule has 1 unspecified atom stereocenters. The maximum atomic E-state index is 10.3. The van der Waals surface area contributed by atoms with E-state index in [1.165, 1.54) is 16.9 Å². The summed E-state index contributed by atoms with van der Waals surface area (Å²) < 4.78 is 1.92. The number of aliphatic hydroxyl groups is 1. The minimum Gasteiger partial charge on any atom is -0.391 e. The molecule has 114 valence electrons. The van der Waals surface area contributed by atoms with E-state index in [1.807, 2.05) is 28.6 Å². The fourth-order valence-electron chi connectivity index (χ4n) is 2.17. The van der Waals surface area contributed by atoms with E-state index < -0.39 is 0 Å². The molecule has 2 aromatic rings. The zero-order valence-electron chi connectivity index (χ0n) is 12.8. The Bertz CT molecular complexity index is 525. The van der Waals surface area contributed by atoms with E-state index in [0.717, 1.165) is 11.7 Å². The zero-order valence-corrected chi connectivity index (χ0v) is 13.6. The molecule has 0 aliphatic carbocycles. The van der Waals surface area contributed by atoms with Crippen LogP contribution in [0.5, 0.6) is 0 Å². The molecule has 4 heteroatoms. The molecule has 0 fully saturated rings. The maximum absolute atomic E-state index is 10.3. The van der Waals surface area contributed by atoms with Crippen LogP contribution in [0.25, 0.3) is 0 Å². The Morgan fingerprint density at radius 2 is 2.10 bits per heavy atom. The van der Waals surface area contributed by atoms with E-state index in [1.54, 1.807) is 12.5 Å². The standard InChI is InChI=1S/C17H24N2OS/c1-14(2)7-10-21-17-6-4-3-5-15(17)11-16(20)12-19-9-8-18-13-19/h3-6,8-9,13-14,16,20H,7,10-12H2,1-2H3. The van der Waals surface area contributed by atoms with Crippen molar-refractivity contribution in [2.45, 2.75) is 44.2 Å². The van der Waals surface area contributed by atoms with Gasteiger partial charge in [0.2, 0.25) is 0 Å². The Labute approximate surface area is 131 Å². The van der Waals surface area contributed by atoms with Crippen molar-refractivity contribution in [3.63, 3.8) is 0 Å². The Morgan fingerprint density at radius 3 is 2.81 bits per heavy atom. The molecule has 0 saturated heterocycles. The second-order valence-electron chi connectivity index (χ2n) is 5.76. The minimum atomic E-state index is -0.383. The number of imidazole rings is 1. The first-order chi connectivity index (χ1) is 10.1. The normalized spacial score (nSPS) is 12.8. The quantitative estimate of drug-likeness (QED) is 0.757. The molecule has 21 heavy (non-hydrogen) atoms. The first-order valence-corrected chi connectivity index (χ1v) is 8.48. The smallest absolute Gasteiger partial charge is 0.0946 e. The SMILES string of the molecule is CC(C)CCSc1ccccc1CC(O)Cn1ccnc1. The third-order valence-electron chi connectivity index (χ3n) is 3.36. The fourth-order valence-corrected chi connectivity index (χ4v) is 3.50. The van der Waals surface area contributed by atoms with Gasteiger partial charge in [0.25, 0.3) is 0 Å². The van der Waals surface area contributed by atoms with Gasteiger partial charge in [0.1, 0.15) is 0 Å². The van der Waals surface area contributed by atoms with Crippen LogP contribution in [0.3, 0.4) is 0 Å². The van der Waals surface area contributed by atoms with Gasteiger partial charge in [0.15, 0.2) is 0 Å². The van der Waals surface area contributed by atoms with Crippen LogP contribution in [0.15, 0.2) is 47.9 Å². The Morgan fingerprint density at radius 1 is 1.29 bits per heavy atom. The number of benzene rings is 1. The Balaban J connectivity index is 1.92. The van der Waals surface area contributed by atoms with Gasteiger partial charge in [-0.05, 0) is 29.7 Å². The molecule has 0 aliphatic rings. The first kappa shape index (κ1) is 16.1. The molecule has 2 rings (SSSR count). The van der Waals surface area contributed by atoms with Crippen LogP contribution in [0.2, 0.25) is 0 Å². The lowest BCUT2D eigenvalue weighted by atomic mass is 10.1. The topological polar surface area (TPSA) is 38.0 Å². The van der Waals surface area contributed by atoms with Gasteiger partial charge in [0, 0.05) is 30.3 Å². The van der Waals surface area contributed by atoms with Crippen molar-refractivity contribution in [2.24, 2.45) is 5.92 Å². The van der Waals surface area contributed by atoms with Crippen molar-refractivity contribution in [1.29, 1.82) is 0 Å². The zero-order chi connectivity index (χ0) is 15.1. The van der Waals surface area contributed by atoms with E-state index >= 15 is 0 Å². The third-order valence-corrected chi connectivity index (χ3v) is 4.51. The van der Waals surface area contributed by atoms with Crippen LogP contribution in [-0.2, 0) is 13.0 Å². The summed E-state index contributed by atoms with van der Waals surface area (Å²) in [7, 11) is 0. The highest BCUT2D eigenvalue weighted by molar-refractivity contribution is 7.99. The third kappa shape index (κ3) is 5.56. The second kappa shape index (κ2) is 8.25. The van der Waals surface area contributed by atoms with Crippen molar-refractivity contribution in [2.75, 3.05) is 5.75 Å². The molecule has 0 radical (unpaired) electrons. The molecule has 0 amide bonds. The summed E-state index contributed by atoms with van der Waals surface area (Å²) in [5.41, 5.74) is 1.24. The van der Waals surface area contributed by atoms with E-state index in [4.69, 9.17) is 0 Å². The number of rotatable bonds is 8. The minimum absolute atomic E-state index is 0.383. The lowest BCUT2D eigenvalue weighted by Gasteiger charge is -2.14. The summed E-state index contributed by atoms with van der Waals surface area (Å²) in [5, 5.41) is 10.3. The van der Waals surface area contributed by atoms with Crippen molar-refractivity contribution in [3.8, 4) is 0 Å². The molecule has 1 aromatic carbocycles. The largest absolute Gasteiger partial charge is 0.391 e. The van der Waals surface area contributed by atoms with Crippen LogP contribution in [0.1, 0.15) is 25.8 Å². The van der Waals surface area contributed by atoms with Gasteiger partial charge in [-0.3, -0.25) is 0 Å². The lowest BCUT2D eigenvalue weighted by Crippen LogP contribution is -2.18. The predicted octanol–water partition coefficient (Wildman–Crippen LogP) is 3.62. The summed E-state index contributed by atoms with van der Waals surface area (Å²) in [6.07, 6.45) is 6.88. The van der Waals surface area contributed by atoms with Crippen molar-refractivity contribution >= 4 is 11.8 Å². The van der Waals surface area contributed by atoms with Crippen molar-refractivity contribution < 1.29 is 5.11 Å². The summed E-state index contributed by atoms with van der Waals surface area (Å²) in [4.78, 5) is 5.30. The fraction of sp³-hybridized carbons (Fsp3) is 0.471. The van der Waals surface area contributed by atoms with Gasteiger partial charge in [-0.2, -0.15) is 0 Å². The van der Waals surface area contributed by atoms with Gasteiger partial charge in [-0.15, -0.1) is 11.8 Å².